The number of likely N-dealkylation sites (tertiary alicyclic amines) is 1. The third kappa shape index (κ3) is 4.34. The van der Waals surface area contributed by atoms with Gasteiger partial charge in [-0.3, -0.25) is 10.00 Å². The standard InChI is InChI=1S/C22H27FN6O/c1-13-8-14(2)10-16(9-13)26-22-24-12-19(23)20(27-22)21(18-11-25-28-15(18)3)29-6-4-17(30)5-7-29/h8-12,17,21,30H,4-7H2,1-3H3,(H,25,28)(H,24,26,27). The second kappa shape index (κ2) is 8.49. The van der Waals surface area contributed by atoms with E-state index in [2.05, 4.69) is 36.4 Å². The zero-order chi connectivity index (χ0) is 21.3. The molecule has 3 aromatic rings. The number of aliphatic hydroxyl groups is 1. The summed E-state index contributed by atoms with van der Waals surface area (Å²) in [6, 6.07) is 5.69. The topological polar surface area (TPSA) is 90.0 Å². The largest absolute Gasteiger partial charge is 0.393 e. The van der Waals surface area contributed by atoms with Gasteiger partial charge in [0.05, 0.1) is 24.0 Å². The first kappa shape index (κ1) is 20.4. The summed E-state index contributed by atoms with van der Waals surface area (Å²) in [6.07, 6.45) is 3.99. The van der Waals surface area contributed by atoms with Crippen LogP contribution in [0.4, 0.5) is 16.0 Å². The fourth-order valence-corrected chi connectivity index (χ4v) is 4.11. The van der Waals surface area contributed by atoms with Gasteiger partial charge >= 0.3 is 0 Å². The van der Waals surface area contributed by atoms with E-state index in [4.69, 9.17) is 0 Å². The molecule has 1 aromatic carbocycles. The smallest absolute Gasteiger partial charge is 0.227 e. The highest BCUT2D eigenvalue weighted by atomic mass is 19.1. The number of aromatic nitrogens is 4. The van der Waals surface area contributed by atoms with Crippen molar-refractivity contribution >= 4 is 11.6 Å². The Kier molecular flexibility index (Phi) is 5.78. The van der Waals surface area contributed by atoms with Crippen molar-refractivity contribution in [3.63, 3.8) is 0 Å². The predicted octanol–water partition coefficient (Wildman–Crippen LogP) is 3.55. The highest BCUT2D eigenvalue weighted by Crippen LogP contribution is 2.33. The van der Waals surface area contributed by atoms with Crippen molar-refractivity contribution in [1.29, 1.82) is 0 Å². The van der Waals surface area contributed by atoms with Crippen molar-refractivity contribution in [2.24, 2.45) is 0 Å². The van der Waals surface area contributed by atoms with Crippen LogP contribution in [0, 0.1) is 26.6 Å². The number of nitrogens with zero attached hydrogens (tertiary/aromatic N) is 4. The molecule has 30 heavy (non-hydrogen) atoms. The summed E-state index contributed by atoms with van der Waals surface area (Å²) < 4.78 is 15.0. The minimum Gasteiger partial charge on any atom is -0.393 e. The Hall–Kier alpha value is -2.84. The van der Waals surface area contributed by atoms with Gasteiger partial charge in [0.1, 0.15) is 5.69 Å². The van der Waals surface area contributed by atoms with Gasteiger partial charge in [-0.05, 0) is 56.9 Å². The van der Waals surface area contributed by atoms with E-state index < -0.39 is 11.9 Å². The van der Waals surface area contributed by atoms with Crippen molar-refractivity contribution in [3.05, 3.63) is 64.5 Å². The molecule has 3 N–H and O–H groups in total. The summed E-state index contributed by atoms with van der Waals surface area (Å²) in [5.74, 6) is -0.114. The molecule has 7 nitrogen and oxygen atoms in total. The summed E-state index contributed by atoms with van der Waals surface area (Å²) in [6.45, 7) is 7.25. The van der Waals surface area contributed by atoms with Crippen LogP contribution in [0.2, 0.25) is 0 Å². The minimum atomic E-state index is -0.460. The fourth-order valence-electron chi connectivity index (χ4n) is 4.11. The second-order valence-corrected chi connectivity index (χ2v) is 8.02. The van der Waals surface area contributed by atoms with Crippen molar-refractivity contribution in [2.45, 2.75) is 45.8 Å². The lowest BCUT2D eigenvalue weighted by molar-refractivity contribution is 0.0671. The Morgan fingerprint density at radius 2 is 1.87 bits per heavy atom. The van der Waals surface area contributed by atoms with Gasteiger partial charge in [-0.1, -0.05) is 6.07 Å². The third-order valence-electron chi connectivity index (χ3n) is 5.54. The number of hydrogen-bond donors (Lipinski definition) is 3. The maximum Gasteiger partial charge on any atom is 0.227 e. The van der Waals surface area contributed by atoms with E-state index in [0.717, 1.165) is 28.1 Å². The summed E-state index contributed by atoms with van der Waals surface area (Å²) in [5.41, 5.74) is 5.09. The van der Waals surface area contributed by atoms with Gasteiger partial charge in [0.25, 0.3) is 0 Å². The number of rotatable bonds is 5. The van der Waals surface area contributed by atoms with Gasteiger partial charge in [-0.15, -0.1) is 0 Å². The minimum absolute atomic E-state index is 0.303. The van der Waals surface area contributed by atoms with Crippen LogP contribution in [0.3, 0.4) is 0 Å². The normalized spacial score (nSPS) is 16.6. The van der Waals surface area contributed by atoms with Gasteiger partial charge in [0, 0.05) is 30.5 Å². The zero-order valence-electron chi connectivity index (χ0n) is 17.5. The number of aliphatic hydroxyl groups excluding tert-OH is 1. The second-order valence-electron chi connectivity index (χ2n) is 8.02. The van der Waals surface area contributed by atoms with Gasteiger partial charge < -0.3 is 10.4 Å². The molecule has 0 bridgehead atoms. The molecule has 0 spiro atoms. The first-order valence-corrected chi connectivity index (χ1v) is 10.2. The summed E-state index contributed by atoms with van der Waals surface area (Å²) in [7, 11) is 0. The highest BCUT2D eigenvalue weighted by molar-refractivity contribution is 5.56. The molecule has 1 fully saturated rings. The van der Waals surface area contributed by atoms with Crippen molar-refractivity contribution in [1.82, 2.24) is 25.1 Å². The van der Waals surface area contributed by atoms with Crippen LogP contribution < -0.4 is 5.32 Å². The van der Waals surface area contributed by atoms with E-state index in [9.17, 15) is 9.50 Å². The lowest BCUT2D eigenvalue weighted by atomic mass is 9.98. The van der Waals surface area contributed by atoms with Crippen LogP contribution in [0.5, 0.6) is 0 Å². The molecule has 1 aliphatic rings. The van der Waals surface area contributed by atoms with E-state index in [1.54, 1.807) is 6.20 Å². The molecule has 4 rings (SSSR count). The Morgan fingerprint density at radius 3 is 2.50 bits per heavy atom. The Morgan fingerprint density at radius 1 is 1.17 bits per heavy atom. The van der Waals surface area contributed by atoms with E-state index in [1.807, 2.05) is 32.9 Å². The summed E-state index contributed by atoms with van der Waals surface area (Å²) in [4.78, 5) is 10.9. The van der Waals surface area contributed by atoms with Crippen LogP contribution >= 0.6 is 0 Å². The average Bonchev–Trinajstić information content (AvgIpc) is 3.11. The number of halogens is 1. The predicted molar refractivity (Wildman–Crippen MR) is 113 cm³/mol. The number of piperidine rings is 1. The average molecular weight is 410 g/mol. The Labute approximate surface area is 175 Å². The quantitative estimate of drug-likeness (QED) is 0.596. The Balaban J connectivity index is 1.71. The van der Waals surface area contributed by atoms with Crippen LogP contribution in [-0.4, -0.2) is 49.4 Å². The first-order chi connectivity index (χ1) is 14.4. The molecule has 3 heterocycles. The molecule has 0 amide bonds. The maximum absolute atomic E-state index is 15.0. The molecular weight excluding hydrogens is 383 g/mol. The monoisotopic (exact) mass is 410 g/mol. The molecule has 0 radical (unpaired) electrons. The van der Waals surface area contributed by atoms with Crippen molar-refractivity contribution in [2.75, 3.05) is 18.4 Å². The molecule has 1 aliphatic heterocycles. The van der Waals surface area contributed by atoms with E-state index in [1.165, 1.54) is 6.20 Å². The number of hydrogen-bond acceptors (Lipinski definition) is 6. The zero-order valence-corrected chi connectivity index (χ0v) is 17.5. The molecule has 8 heteroatoms. The molecule has 1 atom stereocenters. The van der Waals surface area contributed by atoms with E-state index in [0.29, 0.717) is 37.6 Å². The molecule has 1 unspecified atom stereocenters. The Bertz CT molecular complexity index is 1010. The summed E-state index contributed by atoms with van der Waals surface area (Å²) >= 11 is 0. The van der Waals surface area contributed by atoms with Gasteiger partial charge in [-0.25, -0.2) is 14.4 Å². The first-order valence-electron chi connectivity index (χ1n) is 10.2. The number of nitrogens with one attached hydrogen (secondary N) is 2. The molecular formula is C22H27FN6O. The summed E-state index contributed by atoms with van der Waals surface area (Å²) in [5, 5.41) is 20.2. The van der Waals surface area contributed by atoms with Crippen molar-refractivity contribution < 1.29 is 9.50 Å². The number of anilines is 2. The number of aromatic amines is 1. The van der Waals surface area contributed by atoms with Crippen LogP contribution in [0.1, 0.15) is 47.0 Å². The maximum atomic E-state index is 15.0. The highest BCUT2D eigenvalue weighted by Gasteiger charge is 2.32. The van der Waals surface area contributed by atoms with Gasteiger partial charge in [0.15, 0.2) is 5.82 Å². The van der Waals surface area contributed by atoms with E-state index >= 15 is 0 Å². The number of aryl methyl sites for hydroxylation is 3. The number of H-pyrrole nitrogens is 1. The van der Waals surface area contributed by atoms with Crippen LogP contribution in [-0.2, 0) is 0 Å². The SMILES string of the molecule is Cc1cc(C)cc(Nc2ncc(F)c(C(c3c[nH]nc3C)N3CCC(O)CC3)n2)c1. The fraction of sp³-hybridized carbons (Fsp3) is 0.409. The molecule has 2 aromatic heterocycles. The van der Waals surface area contributed by atoms with Gasteiger partial charge in [-0.2, -0.15) is 5.10 Å². The molecule has 158 valence electrons. The van der Waals surface area contributed by atoms with Crippen molar-refractivity contribution in [3.8, 4) is 0 Å². The number of benzene rings is 1. The lowest BCUT2D eigenvalue weighted by Gasteiger charge is -2.36. The molecule has 1 saturated heterocycles. The van der Waals surface area contributed by atoms with Crippen LogP contribution in [0.15, 0.2) is 30.6 Å². The lowest BCUT2D eigenvalue weighted by Crippen LogP contribution is -2.39. The molecule has 0 aliphatic carbocycles. The third-order valence-corrected chi connectivity index (χ3v) is 5.54. The van der Waals surface area contributed by atoms with E-state index in [-0.39, 0.29) is 6.10 Å². The van der Waals surface area contributed by atoms with Crippen LogP contribution in [0.25, 0.3) is 0 Å². The molecule has 0 saturated carbocycles. The van der Waals surface area contributed by atoms with Gasteiger partial charge in [0.2, 0.25) is 5.95 Å².